The molecule has 0 aliphatic rings. The van der Waals surface area contributed by atoms with Crippen LogP contribution in [0.4, 0.5) is 11.4 Å². The van der Waals surface area contributed by atoms with Gasteiger partial charge in [0, 0.05) is 10.7 Å². The van der Waals surface area contributed by atoms with Crippen molar-refractivity contribution in [2.24, 2.45) is 0 Å². The predicted molar refractivity (Wildman–Crippen MR) is 100 cm³/mol. The van der Waals surface area contributed by atoms with Crippen molar-refractivity contribution in [2.75, 3.05) is 29.5 Å². The van der Waals surface area contributed by atoms with Crippen molar-refractivity contribution in [3.05, 3.63) is 52.5 Å². The molecule has 0 atom stereocenters. The zero-order valence-corrected chi connectivity index (χ0v) is 15.8. The van der Waals surface area contributed by atoms with Crippen LogP contribution in [0.25, 0.3) is 0 Å². The second kappa shape index (κ2) is 7.95. The molecule has 0 aromatic heterocycles. The van der Waals surface area contributed by atoms with E-state index in [1.165, 1.54) is 19.2 Å². The summed E-state index contributed by atoms with van der Waals surface area (Å²) in [7, 11) is -2.19. The van der Waals surface area contributed by atoms with Crippen molar-refractivity contribution in [3.63, 3.8) is 0 Å². The van der Waals surface area contributed by atoms with Crippen LogP contribution >= 0.6 is 23.2 Å². The lowest BCUT2D eigenvalue weighted by molar-refractivity contribution is -0.114. The normalized spacial score (nSPS) is 11.0. The van der Waals surface area contributed by atoms with Gasteiger partial charge in [-0.2, -0.15) is 0 Å². The highest BCUT2D eigenvalue weighted by molar-refractivity contribution is 7.92. The summed E-state index contributed by atoms with van der Waals surface area (Å²) in [6.07, 6.45) is 1.02. The maximum absolute atomic E-state index is 12.3. The van der Waals surface area contributed by atoms with Crippen LogP contribution in [0.2, 0.25) is 10.0 Å². The fourth-order valence-corrected chi connectivity index (χ4v) is 3.40. The summed E-state index contributed by atoms with van der Waals surface area (Å²) in [5, 5.41) is 3.30. The van der Waals surface area contributed by atoms with Crippen molar-refractivity contribution in [3.8, 4) is 5.75 Å². The number of hydrogen-bond donors (Lipinski definition) is 1. The van der Waals surface area contributed by atoms with Crippen molar-refractivity contribution < 1.29 is 17.9 Å². The standard InChI is InChI=1S/C16H16Cl2N2O4S/c1-24-15-7-6-12(9-14(15)18)19-16(21)10-20(25(2,22)23)13-5-3-4-11(17)8-13/h3-9H,10H2,1-2H3,(H,19,21). The maximum Gasteiger partial charge on any atom is 0.245 e. The van der Waals surface area contributed by atoms with Crippen LogP contribution in [0.1, 0.15) is 0 Å². The lowest BCUT2D eigenvalue weighted by Crippen LogP contribution is -2.37. The summed E-state index contributed by atoms with van der Waals surface area (Å²) in [6.45, 7) is -0.400. The van der Waals surface area contributed by atoms with Crippen molar-refractivity contribution >= 4 is 50.5 Å². The van der Waals surface area contributed by atoms with E-state index in [1.807, 2.05) is 0 Å². The SMILES string of the molecule is COc1ccc(NC(=O)CN(c2cccc(Cl)c2)S(C)(=O)=O)cc1Cl. The van der Waals surface area contributed by atoms with Crippen LogP contribution in [0, 0.1) is 0 Å². The minimum atomic E-state index is -3.67. The number of carbonyl (C=O) groups excluding carboxylic acids is 1. The Morgan fingerprint density at radius 1 is 1.20 bits per heavy atom. The van der Waals surface area contributed by atoms with Gasteiger partial charge in [-0.25, -0.2) is 8.42 Å². The van der Waals surface area contributed by atoms with E-state index in [0.29, 0.717) is 27.2 Å². The van der Waals surface area contributed by atoms with E-state index in [4.69, 9.17) is 27.9 Å². The first-order chi connectivity index (χ1) is 11.7. The average Bonchev–Trinajstić information content (AvgIpc) is 2.51. The van der Waals surface area contributed by atoms with Gasteiger partial charge < -0.3 is 10.1 Å². The molecule has 0 heterocycles. The van der Waals surface area contributed by atoms with Crippen molar-refractivity contribution in [2.45, 2.75) is 0 Å². The quantitative estimate of drug-likeness (QED) is 0.802. The minimum absolute atomic E-state index is 0.304. The second-order valence-electron chi connectivity index (χ2n) is 5.15. The van der Waals surface area contributed by atoms with Gasteiger partial charge >= 0.3 is 0 Å². The van der Waals surface area contributed by atoms with E-state index in [0.717, 1.165) is 10.6 Å². The molecule has 134 valence electrons. The first-order valence-electron chi connectivity index (χ1n) is 7.07. The third kappa shape index (κ3) is 5.26. The van der Waals surface area contributed by atoms with E-state index in [9.17, 15) is 13.2 Å². The van der Waals surface area contributed by atoms with Gasteiger partial charge in [-0.3, -0.25) is 9.10 Å². The average molecular weight is 403 g/mol. The Bertz CT molecular complexity index is 887. The molecule has 0 saturated carbocycles. The number of nitrogens with zero attached hydrogens (tertiary/aromatic N) is 1. The highest BCUT2D eigenvalue weighted by atomic mass is 35.5. The van der Waals surface area contributed by atoms with Gasteiger partial charge in [-0.1, -0.05) is 29.3 Å². The Hall–Kier alpha value is -1.96. The van der Waals surface area contributed by atoms with Crippen LogP contribution in [-0.2, 0) is 14.8 Å². The smallest absolute Gasteiger partial charge is 0.245 e. The molecule has 0 bridgehead atoms. The van der Waals surface area contributed by atoms with Gasteiger partial charge in [0.25, 0.3) is 0 Å². The molecule has 2 aromatic rings. The Labute approximate surface area is 156 Å². The van der Waals surface area contributed by atoms with Gasteiger partial charge in [0.2, 0.25) is 15.9 Å². The van der Waals surface area contributed by atoms with E-state index >= 15 is 0 Å². The van der Waals surface area contributed by atoms with Crippen LogP contribution in [0.5, 0.6) is 5.75 Å². The molecule has 25 heavy (non-hydrogen) atoms. The number of amides is 1. The fourth-order valence-electron chi connectivity index (χ4n) is 2.11. The number of benzene rings is 2. The summed E-state index contributed by atoms with van der Waals surface area (Å²) in [5.74, 6) is -0.0528. The Kier molecular flexibility index (Phi) is 6.16. The third-order valence-electron chi connectivity index (χ3n) is 3.22. The molecule has 0 unspecified atom stereocenters. The number of methoxy groups -OCH3 is 1. The van der Waals surface area contributed by atoms with Gasteiger partial charge in [0.05, 0.1) is 24.1 Å². The molecule has 0 saturated heterocycles. The van der Waals surface area contributed by atoms with Gasteiger partial charge in [0.1, 0.15) is 12.3 Å². The molecular weight excluding hydrogens is 387 g/mol. The molecule has 1 N–H and O–H groups in total. The van der Waals surface area contributed by atoms with Gasteiger partial charge in [0.15, 0.2) is 0 Å². The first kappa shape index (κ1) is 19.4. The summed E-state index contributed by atoms with van der Waals surface area (Å²) in [6, 6.07) is 11.0. The highest BCUT2D eigenvalue weighted by Gasteiger charge is 2.21. The lowest BCUT2D eigenvalue weighted by atomic mass is 10.3. The van der Waals surface area contributed by atoms with Crippen LogP contribution in [-0.4, -0.2) is 34.2 Å². The number of hydrogen-bond acceptors (Lipinski definition) is 4. The molecule has 0 fully saturated rings. The summed E-state index contributed by atoms with van der Waals surface area (Å²) >= 11 is 11.9. The largest absolute Gasteiger partial charge is 0.495 e. The molecule has 0 aliphatic carbocycles. The fraction of sp³-hybridized carbons (Fsp3) is 0.188. The number of carbonyl (C=O) groups is 1. The molecule has 0 radical (unpaired) electrons. The summed E-state index contributed by atoms with van der Waals surface area (Å²) in [5.41, 5.74) is 0.730. The Morgan fingerprint density at radius 3 is 2.48 bits per heavy atom. The third-order valence-corrected chi connectivity index (χ3v) is 4.89. The lowest BCUT2D eigenvalue weighted by Gasteiger charge is -2.22. The van der Waals surface area contributed by atoms with Crippen molar-refractivity contribution in [1.82, 2.24) is 0 Å². The van der Waals surface area contributed by atoms with Crippen molar-refractivity contribution in [1.29, 1.82) is 0 Å². The molecule has 0 spiro atoms. The number of anilines is 2. The number of sulfonamides is 1. The van der Waals surface area contributed by atoms with E-state index in [1.54, 1.807) is 30.3 Å². The monoisotopic (exact) mass is 402 g/mol. The summed E-state index contributed by atoms with van der Waals surface area (Å²) in [4.78, 5) is 12.3. The zero-order chi connectivity index (χ0) is 18.6. The Morgan fingerprint density at radius 2 is 1.92 bits per heavy atom. The topological polar surface area (TPSA) is 75.7 Å². The highest BCUT2D eigenvalue weighted by Crippen LogP contribution is 2.27. The maximum atomic E-state index is 12.3. The summed E-state index contributed by atoms with van der Waals surface area (Å²) < 4.78 is 30.1. The molecular formula is C16H16Cl2N2O4S. The van der Waals surface area contributed by atoms with Crippen LogP contribution < -0.4 is 14.4 Å². The molecule has 0 aliphatic heterocycles. The first-order valence-corrected chi connectivity index (χ1v) is 9.68. The Balaban J connectivity index is 2.19. The minimum Gasteiger partial charge on any atom is -0.495 e. The number of halogens is 2. The molecule has 2 rings (SSSR count). The second-order valence-corrected chi connectivity index (χ2v) is 7.90. The number of ether oxygens (including phenoxy) is 1. The number of rotatable bonds is 6. The van der Waals surface area contributed by atoms with E-state index in [-0.39, 0.29) is 0 Å². The van der Waals surface area contributed by atoms with Crippen LogP contribution in [0.3, 0.4) is 0 Å². The van der Waals surface area contributed by atoms with Crippen LogP contribution in [0.15, 0.2) is 42.5 Å². The van der Waals surface area contributed by atoms with E-state index < -0.39 is 22.5 Å². The predicted octanol–water partition coefficient (Wildman–Crippen LogP) is 3.41. The molecule has 2 aromatic carbocycles. The van der Waals surface area contributed by atoms with Gasteiger partial charge in [-0.05, 0) is 36.4 Å². The number of nitrogens with one attached hydrogen (secondary N) is 1. The molecule has 1 amide bonds. The molecule has 6 nitrogen and oxygen atoms in total. The van der Waals surface area contributed by atoms with E-state index in [2.05, 4.69) is 5.32 Å². The zero-order valence-electron chi connectivity index (χ0n) is 13.5. The molecule has 9 heteroatoms. The van der Waals surface area contributed by atoms with Gasteiger partial charge in [-0.15, -0.1) is 0 Å².